The number of hydrogen-bond donors (Lipinski definition) is 1. The lowest BCUT2D eigenvalue weighted by Crippen LogP contribution is -2.40. The minimum Gasteiger partial charge on any atom is -0.258 e. The number of nitrogens with one attached hydrogen (secondary N) is 1. The molecule has 0 unspecified atom stereocenters. The summed E-state index contributed by atoms with van der Waals surface area (Å²) in [6, 6.07) is 7.87. The first-order valence-electron chi connectivity index (χ1n) is 7.92. The highest BCUT2D eigenvalue weighted by atomic mass is 32.2. The molecule has 2 atom stereocenters. The molecule has 2 rings (SSSR count). The first-order valence-corrected chi connectivity index (χ1v) is 9.40. The van der Waals surface area contributed by atoms with Crippen molar-refractivity contribution in [1.29, 1.82) is 0 Å². The van der Waals surface area contributed by atoms with Gasteiger partial charge in [-0.15, -0.1) is 0 Å². The summed E-state index contributed by atoms with van der Waals surface area (Å²) in [4.78, 5) is 20.9. The Bertz CT molecular complexity index is 1040. The number of nitrogens with zero attached hydrogens (tertiary/aromatic N) is 2. The number of alkyl halides is 3. The van der Waals surface area contributed by atoms with Crippen LogP contribution in [-0.2, 0) is 10.0 Å². The molecule has 2 aromatic carbocycles. The van der Waals surface area contributed by atoms with Gasteiger partial charge in [-0.1, -0.05) is 43.3 Å². The number of hydrogen-bond acceptors (Lipinski definition) is 6. The highest BCUT2D eigenvalue weighted by Crippen LogP contribution is 2.40. The standard InChI is InChI=1S/C16H14F3N3O6S/c1-10(11-6-2-4-8-13(11)21(23)24)15(20-29(27,28)16(17,18)19)12-7-3-5-9-14(12)22(25)26/h2-10,15,20H,1H3/t10-,15+/m1/s1. The van der Waals surface area contributed by atoms with Gasteiger partial charge in [0.1, 0.15) is 0 Å². The van der Waals surface area contributed by atoms with Crippen LogP contribution in [0.2, 0.25) is 0 Å². The number of para-hydroxylation sites is 2. The second kappa shape index (κ2) is 8.13. The molecule has 0 aliphatic heterocycles. The third-order valence-corrected chi connectivity index (χ3v) is 5.35. The molecular weight excluding hydrogens is 419 g/mol. The van der Waals surface area contributed by atoms with E-state index >= 15 is 0 Å². The monoisotopic (exact) mass is 433 g/mol. The fourth-order valence-corrected chi connectivity index (χ4v) is 3.60. The van der Waals surface area contributed by atoms with E-state index in [1.165, 1.54) is 42.0 Å². The van der Waals surface area contributed by atoms with Crippen molar-refractivity contribution in [3.05, 3.63) is 79.9 Å². The average Bonchev–Trinajstić information content (AvgIpc) is 2.64. The molecule has 0 saturated carbocycles. The zero-order chi connectivity index (χ0) is 22.0. The zero-order valence-electron chi connectivity index (χ0n) is 14.7. The molecule has 0 bridgehead atoms. The van der Waals surface area contributed by atoms with E-state index in [9.17, 15) is 41.8 Å². The molecule has 0 fully saturated rings. The molecule has 29 heavy (non-hydrogen) atoms. The van der Waals surface area contributed by atoms with Gasteiger partial charge in [0.2, 0.25) is 0 Å². The lowest BCUT2D eigenvalue weighted by atomic mass is 9.87. The van der Waals surface area contributed by atoms with Crippen LogP contribution in [0.5, 0.6) is 0 Å². The number of nitro benzene ring substituents is 2. The average molecular weight is 433 g/mol. The van der Waals surface area contributed by atoms with E-state index in [0.717, 1.165) is 18.2 Å². The van der Waals surface area contributed by atoms with Gasteiger partial charge in [-0.25, -0.2) is 8.42 Å². The van der Waals surface area contributed by atoms with Crippen molar-refractivity contribution in [2.24, 2.45) is 0 Å². The number of benzene rings is 2. The molecule has 13 heteroatoms. The maximum Gasteiger partial charge on any atom is 0.511 e. The summed E-state index contributed by atoms with van der Waals surface area (Å²) in [6.07, 6.45) is 0. The van der Waals surface area contributed by atoms with Gasteiger partial charge in [-0.2, -0.15) is 17.9 Å². The molecule has 9 nitrogen and oxygen atoms in total. The van der Waals surface area contributed by atoms with Crippen molar-refractivity contribution >= 4 is 21.4 Å². The van der Waals surface area contributed by atoms with E-state index in [1.54, 1.807) is 0 Å². The Balaban J connectivity index is 2.69. The Hall–Kier alpha value is -3.06. The molecule has 0 aliphatic rings. The topological polar surface area (TPSA) is 132 Å². The van der Waals surface area contributed by atoms with Crippen LogP contribution in [0, 0.1) is 20.2 Å². The minimum atomic E-state index is -5.92. The van der Waals surface area contributed by atoms with Gasteiger partial charge in [0.05, 0.1) is 15.9 Å². The summed E-state index contributed by atoms with van der Waals surface area (Å²) < 4.78 is 63.7. The van der Waals surface area contributed by atoms with Gasteiger partial charge in [0.15, 0.2) is 0 Å². The molecule has 156 valence electrons. The summed E-state index contributed by atoms with van der Waals surface area (Å²) >= 11 is 0. The van der Waals surface area contributed by atoms with E-state index in [2.05, 4.69) is 0 Å². The zero-order valence-corrected chi connectivity index (χ0v) is 15.5. The fraction of sp³-hybridized carbons (Fsp3) is 0.250. The summed E-state index contributed by atoms with van der Waals surface area (Å²) in [7, 11) is -5.92. The lowest BCUT2D eigenvalue weighted by Gasteiger charge is -2.26. The van der Waals surface area contributed by atoms with Crippen molar-refractivity contribution < 1.29 is 31.4 Å². The van der Waals surface area contributed by atoms with Crippen LogP contribution in [0.1, 0.15) is 30.0 Å². The molecular formula is C16H14F3N3O6S. The quantitative estimate of drug-likeness (QED) is 0.522. The molecule has 1 N–H and O–H groups in total. The first kappa shape index (κ1) is 22.2. The van der Waals surface area contributed by atoms with Crippen LogP contribution in [0.25, 0.3) is 0 Å². The Labute approximate surface area is 162 Å². The normalized spacial score (nSPS) is 14.2. The van der Waals surface area contributed by atoms with E-state index in [1.807, 2.05) is 0 Å². The van der Waals surface area contributed by atoms with Gasteiger partial charge in [-0.3, -0.25) is 20.2 Å². The number of sulfonamides is 1. The molecule has 0 heterocycles. The summed E-state index contributed by atoms with van der Waals surface area (Å²) in [5, 5.41) is 22.6. The van der Waals surface area contributed by atoms with Crippen LogP contribution in [-0.4, -0.2) is 23.8 Å². The Morgan fingerprint density at radius 3 is 1.76 bits per heavy atom. The van der Waals surface area contributed by atoms with Crippen LogP contribution in [0.4, 0.5) is 24.5 Å². The second-order valence-corrected chi connectivity index (χ2v) is 7.67. The lowest BCUT2D eigenvalue weighted by molar-refractivity contribution is -0.386. The third kappa shape index (κ3) is 4.68. The fourth-order valence-electron chi connectivity index (χ4n) is 2.80. The van der Waals surface area contributed by atoms with E-state index in [4.69, 9.17) is 0 Å². The van der Waals surface area contributed by atoms with E-state index in [0.29, 0.717) is 0 Å². The Morgan fingerprint density at radius 2 is 1.31 bits per heavy atom. The van der Waals surface area contributed by atoms with Crippen molar-refractivity contribution in [2.45, 2.75) is 24.4 Å². The summed E-state index contributed by atoms with van der Waals surface area (Å²) in [6.45, 7) is 1.24. The number of rotatable bonds is 7. The molecule has 0 spiro atoms. The summed E-state index contributed by atoms with van der Waals surface area (Å²) in [5.74, 6) is -1.25. The molecule has 0 aromatic heterocycles. The summed E-state index contributed by atoms with van der Waals surface area (Å²) in [5.41, 5.74) is -7.24. The maximum atomic E-state index is 12.9. The van der Waals surface area contributed by atoms with Crippen molar-refractivity contribution in [1.82, 2.24) is 4.72 Å². The van der Waals surface area contributed by atoms with Crippen LogP contribution < -0.4 is 4.72 Å². The molecule has 2 aromatic rings. The van der Waals surface area contributed by atoms with Crippen molar-refractivity contribution in [2.75, 3.05) is 0 Å². The number of nitro groups is 2. The largest absolute Gasteiger partial charge is 0.511 e. The molecule has 0 aliphatic carbocycles. The predicted molar refractivity (Wildman–Crippen MR) is 95.5 cm³/mol. The van der Waals surface area contributed by atoms with Gasteiger partial charge in [0, 0.05) is 29.2 Å². The van der Waals surface area contributed by atoms with Crippen molar-refractivity contribution in [3.63, 3.8) is 0 Å². The van der Waals surface area contributed by atoms with Gasteiger partial charge in [0.25, 0.3) is 11.4 Å². The smallest absolute Gasteiger partial charge is 0.258 e. The van der Waals surface area contributed by atoms with Crippen molar-refractivity contribution in [3.8, 4) is 0 Å². The van der Waals surface area contributed by atoms with Gasteiger partial charge in [-0.05, 0) is 0 Å². The van der Waals surface area contributed by atoms with E-state index < -0.39 is 48.7 Å². The number of halogens is 3. The molecule has 0 saturated heterocycles. The first-order chi connectivity index (χ1) is 13.4. The third-order valence-electron chi connectivity index (χ3n) is 4.18. The predicted octanol–water partition coefficient (Wildman–Crippen LogP) is 3.79. The molecule has 0 radical (unpaired) electrons. The second-order valence-electron chi connectivity index (χ2n) is 5.97. The maximum absolute atomic E-state index is 12.9. The van der Waals surface area contributed by atoms with Crippen LogP contribution >= 0.6 is 0 Å². The minimum absolute atomic E-state index is 0.0921. The SMILES string of the molecule is C[C@H](c1ccccc1[N+](=O)[O-])[C@H](NS(=O)(=O)C(F)(F)F)c1ccccc1[N+](=O)[O-]. The highest BCUT2D eigenvalue weighted by Gasteiger charge is 2.48. The highest BCUT2D eigenvalue weighted by molar-refractivity contribution is 7.90. The van der Waals surface area contributed by atoms with E-state index in [-0.39, 0.29) is 11.1 Å². The Kier molecular flexibility index (Phi) is 6.23. The van der Waals surface area contributed by atoms with Gasteiger partial charge >= 0.3 is 15.5 Å². The van der Waals surface area contributed by atoms with Gasteiger partial charge < -0.3 is 0 Å². The Morgan fingerprint density at radius 1 is 0.897 bits per heavy atom. The molecule has 0 amide bonds. The van der Waals surface area contributed by atoms with Crippen LogP contribution in [0.15, 0.2) is 48.5 Å². The van der Waals surface area contributed by atoms with Crippen LogP contribution in [0.3, 0.4) is 0 Å².